The average Bonchev–Trinajstić information content (AvgIpc) is 2.37. The monoisotopic (exact) mass is 365 g/mol. The molecule has 0 fully saturated rings. The van der Waals surface area contributed by atoms with Crippen LogP contribution in [0.3, 0.4) is 0 Å². The van der Waals surface area contributed by atoms with E-state index in [0.717, 1.165) is 20.5 Å². The molecule has 2 aromatic rings. The first-order valence-corrected chi connectivity index (χ1v) is 6.82. The van der Waals surface area contributed by atoms with Crippen LogP contribution in [0.4, 0.5) is 5.69 Å². The number of hydrogen-bond donors (Lipinski definition) is 1. The maximum Gasteiger partial charge on any atom is 0.106 e. The smallest absolute Gasteiger partial charge is 0.106 e. The Hall–Kier alpha value is -1.38. The molecule has 0 spiro atoms. The summed E-state index contributed by atoms with van der Waals surface area (Å²) >= 11 is 6.67. The fraction of sp³-hybridized carbons (Fsp3) is 0.0769. The maximum atomic E-state index is 9.05. The summed E-state index contributed by atoms with van der Waals surface area (Å²) in [5.74, 6) is 0. The van der Waals surface area contributed by atoms with Gasteiger partial charge in [-0.25, -0.2) is 4.98 Å². The highest BCUT2D eigenvalue weighted by atomic mass is 79.9. The van der Waals surface area contributed by atoms with Gasteiger partial charge in [0.25, 0.3) is 0 Å². The van der Waals surface area contributed by atoms with E-state index in [-0.39, 0.29) is 0 Å². The highest BCUT2D eigenvalue weighted by molar-refractivity contribution is 9.10. The van der Waals surface area contributed by atoms with Gasteiger partial charge in [0.2, 0.25) is 0 Å². The van der Waals surface area contributed by atoms with E-state index < -0.39 is 0 Å². The summed E-state index contributed by atoms with van der Waals surface area (Å²) in [7, 11) is 0. The van der Waals surface area contributed by atoms with Gasteiger partial charge in [-0.15, -0.1) is 0 Å². The van der Waals surface area contributed by atoms with Crippen LogP contribution in [0.15, 0.2) is 45.5 Å². The zero-order valence-corrected chi connectivity index (χ0v) is 12.5. The van der Waals surface area contributed by atoms with Gasteiger partial charge in [-0.3, -0.25) is 0 Å². The molecule has 0 amide bonds. The van der Waals surface area contributed by atoms with Crippen LogP contribution in [0.2, 0.25) is 0 Å². The second-order valence-corrected chi connectivity index (χ2v) is 5.34. The van der Waals surface area contributed by atoms with Gasteiger partial charge in [0, 0.05) is 4.47 Å². The molecular weight excluding hydrogens is 358 g/mol. The van der Waals surface area contributed by atoms with Crippen LogP contribution in [0.5, 0.6) is 0 Å². The van der Waals surface area contributed by atoms with Gasteiger partial charge < -0.3 is 5.32 Å². The van der Waals surface area contributed by atoms with Crippen molar-refractivity contribution in [2.75, 3.05) is 5.32 Å². The topological polar surface area (TPSA) is 48.7 Å². The predicted molar refractivity (Wildman–Crippen MR) is 78.1 cm³/mol. The van der Waals surface area contributed by atoms with Gasteiger partial charge in [0.15, 0.2) is 0 Å². The Morgan fingerprint density at radius 3 is 2.78 bits per heavy atom. The second kappa shape index (κ2) is 5.98. The van der Waals surface area contributed by atoms with E-state index in [2.05, 4.69) is 48.2 Å². The standard InChI is InChI=1S/C13H9Br2N3/c14-10-4-5-12(9(6-10)7-16)17-8-11-2-1-3-13(15)18-11/h1-6,17H,8H2. The summed E-state index contributed by atoms with van der Waals surface area (Å²) < 4.78 is 1.70. The Morgan fingerprint density at radius 2 is 2.06 bits per heavy atom. The molecule has 18 heavy (non-hydrogen) atoms. The third-order valence-electron chi connectivity index (χ3n) is 2.33. The van der Waals surface area contributed by atoms with Crippen molar-refractivity contribution in [3.63, 3.8) is 0 Å². The first kappa shape index (κ1) is 13.1. The van der Waals surface area contributed by atoms with Gasteiger partial charge in [-0.05, 0) is 46.3 Å². The van der Waals surface area contributed by atoms with Crippen LogP contribution in [0.1, 0.15) is 11.3 Å². The summed E-state index contributed by atoms with van der Waals surface area (Å²) in [6, 6.07) is 13.5. The Balaban J connectivity index is 2.14. The fourth-order valence-corrected chi connectivity index (χ4v) is 2.24. The molecule has 3 nitrogen and oxygen atoms in total. The van der Waals surface area contributed by atoms with Crippen LogP contribution in [0.25, 0.3) is 0 Å². The normalized spacial score (nSPS) is 9.83. The summed E-state index contributed by atoms with van der Waals surface area (Å²) in [6.07, 6.45) is 0. The summed E-state index contributed by atoms with van der Waals surface area (Å²) in [5.41, 5.74) is 2.33. The van der Waals surface area contributed by atoms with Crippen molar-refractivity contribution < 1.29 is 0 Å². The molecule has 0 aliphatic rings. The number of nitrogens with one attached hydrogen (secondary N) is 1. The molecular formula is C13H9Br2N3. The molecule has 0 atom stereocenters. The summed E-state index contributed by atoms with van der Waals surface area (Å²) in [4.78, 5) is 4.32. The minimum Gasteiger partial charge on any atom is -0.378 e. The number of aromatic nitrogens is 1. The van der Waals surface area contributed by atoms with Crippen LogP contribution < -0.4 is 5.32 Å². The molecule has 1 aromatic heterocycles. The minimum atomic E-state index is 0.579. The average molecular weight is 367 g/mol. The molecule has 0 aliphatic carbocycles. The van der Waals surface area contributed by atoms with Gasteiger partial charge in [0.05, 0.1) is 23.5 Å². The first-order chi connectivity index (χ1) is 8.69. The van der Waals surface area contributed by atoms with Gasteiger partial charge in [-0.2, -0.15) is 5.26 Å². The lowest BCUT2D eigenvalue weighted by Gasteiger charge is -2.08. The molecule has 0 saturated carbocycles. The number of nitriles is 1. The van der Waals surface area contributed by atoms with Crippen molar-refractivity contribution in [1.82, 2.24) is 4.98 Å². The Labute approximate surface area is 122 Å². The molecule has 0 radical (unpaired) electrons. The van der Waals surface area contributed by atoms with Gasteiger partial charge in [0.1, 0.15) is 10.7 Å². The van der Waals surface area contributed by atoms with E-state index >= 15 is 0 Å². The minimum absolute atomic E-state index is 0.579. The SMILES string of the molecule is N#Cc1cc(Br)ccc1NCc1cccc(Br)n1. The van der Waals surface area contributed by atoms with Crippen LogP contribution in [-0.4, -0.2) is 4.98 Å². The van der Waals surface area contributed by atoms with Crippen molar-refractivity contribution in [1.29, 1.82) is 5.26 Å². The molecule has 5 heteroatoms. The lowest BCUT2D eigenvalue weighted by atomic mass is 10.2. The van der Waals surface area contributed by atoms with E-state index in [9.17, 15) is 0 Å². The number of hydrogen-bond acceptors (Lipinski definition) is 3. The summed E-state index contributed by atoms with van der Waals surface area (Å²) in [5, 5.41) is 12.3. The number of anilines is 1. The number of halogens is 2. The van der Waals surface area contributed by atoms with E-state index in [4.69, 9.17) is 5.26 Å². The molecule has 1 heterocycles. The Morgan fingerprint density at radius 1 is 1.22 bits per heavy atom. The number of benzene rings is 1. The maximum absolute atomic E-state index is 9.05. The lowest BCUT2D eigenvalue weighted by molar-refractivity contribution is 1.03. The molecule has 90 valence electrons. The molecule has 0 aliphatic heterocycles. The van der Waals surface area contributed by atoms with Gasteiger partial charge in [-0.1, -0.05) is 22.0 Å². The van der Waals surface area contributed by atoms with Crippen molar-refractivity contribution >= 4 is 37.5 Å². The molecule has 0 bridgehead atoms. The van der Waals surface area contributed by atoms with Crippen LogP contribution in [0, 0.1) is 11.3 Å². The predicted octanol–water partition coefficient (Wildman–Crippen LogP) is 4.09. The number of nitrogens with zero attached hydrogens (tertiary/aromatic N) is 2. The molecule has 0 saturated heterocycles. The molecule has 2 rings (SSSR count). The van der Waals surface area contributed by atoms with Crippen molar-refractivity contribution in [3.8, 4) is 6.07 Å². The second-order valence-electron chi connectivity index (χ2n) is 3.61. The molecule has 1 aromatic carbocycles. The van der Waals surface area contributed by atoms with Crippen molar-refractivity contribution in [2.24, 2.45) is 0 Å². The van der Waals surface area contributed by atoms with E-state index in [1.165, 1.54) is 0 Å². The van der Waals surface area contributed by atoms with Crippen LogP contribution >= 0.6 is 31.9 Å². The first-order valence-electron chi connectivity index (χ1n) is 5.24. The summed E-state index contributed by atoms with van der Waals surface area (Å²) in [6.45, 7) is 0.579. The highest BCUT2D eigenvalue weighted by Gasteiger charge is 2.03. The van der Waals surface area contributed by atoms with Crippen molar-refractivity contribution in [2.45, 2.75) is 6.54 Å². The Bertz CT molecular complexity index is 605. The zero-order chi connectivity index (χ0) is 13.0. The third-order valence-corrected chi connectivity index (χ3v) is 3.27. The Kier molecular flexibility index (Phi) is 4.34. The lowest BCUT2D eigenvalue weighted by Crippen LogP contribution is -2.03. The third kappa shape index (κ3) is 3.31. The largest absolute Gasteiger partial charge is 0.378 e. The van der Waals surface area contributed by atoms with E-state index in [1.54, 1.807) is 6.07 Å². The quantitative estimate of drug-likeness (QED) is 0.832. The van der Waals surface area contributed by atoms with E-state index in [0.29, 0.717) is 12.1 Å². The molecule has 1 N–H and O–H groups in total. The fourth-order valence-electron chi connectivity index (χ4n) is 1.50. The van der Waals surface area contributed by atoms with Crippen LogP contribution in [-0.2, 0) is 6.54 Å². The van der Waals surface area contributed by atoms with Crippen molar-refractivity contribution in [3.05, 3.63) is 56.7 Å². The zero-order valence-electron chi connectivity index (χ0n) is 9.32. The number of pyridine rings is 1. The highest BCUT2D eigenvalue weighted by Crippen LogP contribution is 2.20. The van der Waals surface area contributed by atoms with E-state index in [1.807, 2.05) is 30.3 Å². The number of rotatable bonds is 3. The molecule has 0 unspecified atom stereocenters. The van der Waals surface area contributed by atoms with Gasteiger partial charge >= 0.3 is 0 Å².